The van der Waals surface area contributed by atoms with Crippen LogP contribution >= 0.6 is 23.2 Å². The van der Waals surface area contributed by atoms with Gasteiger partial charge in [-0.1, -0.05) is 35.3 Å². The molecule has 132 valence electrons. The van der Waals surface area contributed by atoms with Crippen LogP contribution < -0.4 is 10.2 Å². The third-order valence-corrected chi connectivity index (χ3v) is 4.91. The van der Waals surface area contributed by atoms with Gasteiger partial charge in [-0.25, -0.2) is 0 Å². The molecule has 6 heteroatoms. The topological polar surface area (TPSA) is 35.6 Å². The van der Waals surface area contributed by atoms with E-state index in [2.05, 4.69) is 41.4 Å². The van der Waals surface area contributed by atoms with Gasteiger partial charge in [-0.15, -0.1) is 0 Å². The summed E-state index contributed by atoms with van der Waals surface area (Å²) < 4.78 is 0. The number of carbonyl (C=O) groups excluding carboxylic acids is 1. The molecule has 25 heavy (non-hydrogen) atoms. The van der Waals surface area contributed by atoms with E-state index < -0.39 is 0 Å². The number of anilines is 2. The van der Waals surface area contributed by atoms with E-state index >= 15 is 0 Å². The van der Waals surface area contributed by atoms with Gasteiger partial charge in [0.15, 0.2) is 0 Å². The zero-order valence-electron chi connectivity index (χ0n) is 14.1. The van der Waals surface area contributed by atoms with E-state index in [0.29, 0.717) is 10.0 Å². The van der Waals surface area contributed by atoms with Gasteiger partial charge in [0.1, 0.15) is 0 Å². The van der Waals surface area contributed by atoms with Crippen molar-refractivity contribution in [3.8, 4) is 0 Å². The van der Waals surface area contributed by atoms with Crippen LogP contribution in [0.4, 0.5) is 11.4 Å². The number of halogens is 2. The van der Waals surface area contributed by atoms with Crippen molar-refractivity contribution in [2.24, 2.45) is 0 Å². The van der Waals surface area contributed by atoms with Crippen LogP contribution in [0.5, 0.6) is 0 Å². The summed E-state index contributed by atoms with van der Waals surface area (Å²) in [6, 6.07) is 13.7. The van der Waals surface area contributed by atoms with Gasteiger partial charge in [0.2, 0.25) is 5.91 Å². The summed E-state index contributed by atoms with van der Waals surface area (Å²) in [5.74, 6) is 0.0786. The van der Waals surface area contributed by atoms with E-state index in [1.165, 1.54) is 11.3 Å². The molecule has 1 aliphatic heterocycles. The average Bonchev–Trinajstić information content (AvgIpc) is 2.61. The first kappa shape index (κ1) is 17.9. The largest absolute Gasteiger partial charge is 0.375 e. The highest BCUT2D eigenvalue weighted by Crippen LogP contribution is 2.25. The minimum atomic E-state index is 0.0786. The summed E-state index contributed by atoms with van der Waals surface area (Å²) in [6.45, 7) is 5.46. The molecule has 1 fully saturated rings. The molecule has 1 aliphatic rings. The van der Waals surface area contributed by atoms with E-state index in [0.717, 1.165) is 31.9 Å². The molecule has 2 aromatic rings. The smallest absolute Gasteiger partial charge is 0.241 e. The van der Waals surface area contributed by atoms with Crippen molar-refractivity contribution in [1.82, 2.24) is 4.90 Å². The number of nitrogens with one attached hydrogen (secondary N) is 1. The van der Waals surface area contributed by atoms with Crippen molar-refractivity contribution in [2.75, 3.05) is 42.9 Å². The maximum absolute atomic E-state index is 12.4. The quantitative estimate of drug-likeness (QED) is 0.872. The fourth-order valence-electron chi connectivity index (χ4n) is 2.95. The van der Waals surface area contributed by atoms with Crippen molar-refractivity contribution < 1.29 is 4.79 Å². The van der Waals surface area contributed by atoms with E-state index in [1.807, 2.05) is 4.90 Å². The van der Waals surface area contributed by atoms with Gasteiger partial charge in [-0.3, -0.25) is 4.79 Å². The van der Waals surface area contributed by atoms with E-state index in [1.54, 1.807) is 18.2 Å². The number of nitrogens with zero attached hydrogens (tertiary/aromatic N) is 2. The number of hydrogen-bond donors (Lipinski definition) is 1. The highest BCUT2D eigenvalue weighted by Gasteiger charge is 2.21. The highest BCUT2D eigenvalue weighted by molar-refractivity contribution is 6.36. The molecule has 1 amide bonds. The van der Waals surface area contributed by atoms with Crippen molar-refractivity contribution in [1.29, 1.82) is 0 Å². The van der Waals surface area contributed by atoms with Gasteiger partial charge >= 0.3 is 0 Å². The van der Waals surface area contributed by atoms with Crippen LogP contribution in [-0.4, -0.2) is 43.5 Å². The molecule has 0 bridgehead atoms. The van der Waals surface area contributed by atoms with Crippen LogP contribution in [0.1, 0.15) is 5.56 Å². The molecule has 3 rings (SSSR count). The second kappa shape index (κ2) is 7.98. The summed E-state index contributed by atoms with van der Waals surface area (Å²) in [7, 11) is 0. The second-order valence-electron chi connectivity index (χ2n) is 6.18. The number of benzene rings is 2. The fourth-order valence-corrected chi connectivity index (χ4v) is 3.43. The maximum atomic E-state index is 12.4. The Kier molecular flexibility index (Phi) is 5.71. The average molecular weight is 378 g/mol. The Morgan fingerprint density at radius 3 is 2.52 bits per heavy atom. The van der Waals surface area contributed by atoms with Crippen molar-refractivity contribution in [2.45, 2.75) is 6.92 Å². The molecule has 0 aliphatic carbocycles. The molecule has 1 heterocycles. The summed E-state index contributed by atoms with van der Waals surface area (Å²) >= 11 is 12.0. The Balaban J connectivity index is 1.51. The first-order valence-electron chi connectivity index (χ1n) is 8.31. The fraction of sp³-hybridized carbons (Fsp3) is 0.316. The molecule has 2 aromatic carbocycles. The van der Waals surface area contributed by atoms with E-state index in [9.17, 15) is 4.79 Å². The van der Waals surface area contributed by atoms with E-state index in [-0.39, 0.29) is 12.5 Å². The minimum absolute atomic E-state index is 0.0786. The lowest BCUT2D eigenvalue weighted by atomic mass is 10.2. The number of aryl methyl sites for hydroxylation is 1. The van der Waals surface area contributed by atoms with Crippen molar-refractivity contribution >= 4 is 40.5 Å². The maximum Gasteiger partial charge on any atom is 0.241 e. The van der Waals surface area contributed by atoms with Crippen LogP contribution in [0.15, 0.2) is 42.5 Å². The normalized spacial score (nSPS) is 14.5. The Morgan fingerprint density at radius 2 is 1.84 bits per heavy atom. The molecule has 0 atom stereocenters. The van der Waals surface area contributed by atoms with Crippen LogP contribution in [0, 0.1) is 6.92 Å². The van der Waals surface area contributed by atoms with Crippen LogP contribution in [0.25, 0.3) is 0 Å². The summed E-state index contributed by atoms with van der Waals surface area (Å²) in [6.07, 6.45) is 0. The summed E-state index contributed by atoms with van der Waals surface area (Å²) in [4.78, 5) is 16.6. The first-order valence-corrected chi connectivity index (χ1v) is 9.07. The monoisotopic (exact) mass is 377 g/mol. The highest BCUT2D eigenvalue weighted by atomic mass is 35.5. The zero-order chi connectivity index (χ0) is 17.8. The SMILES string of the molecule is Cc1cccc(N2CCN(C(=O)CNc3ccc(Cl)cc3Cl)CC2)c1. The lowest BCUT2D eigenvalue weighted by molar-refractivity contribution is -0.129. The predicted octanol–water partition coefficient (Wildman–Crippen LogP) is 4.06. The van der Waals surface area contributed by atoms with Gasteiger partial charge in [0, 0.05) is 36.9 Å². The third-order valence-electron chi connectivity index (χ3n) is 4.36. The number of piperazine rings is 1. The van der Waals surface area contributed by atoms with Crippen LogP contribution in [-0.2, 0) is 4.79 Å². The number of amides is 1. The van der Waals surface area contributed by atoms with Crippen molar-refractivity contribution in [3.05, 3.63) is 58.1 Å². The lowest BCUT2D eigenvalue weighted by Crippen LogP contribution is -2.50. The van der Waals surface area contributed by atoms with Gasteiger partial charge in [0.25, 0.3) is 0 Å². The third kappa shape index (κ3) is 4.59. The number of carbonyl (C=O) groups is 1. The molecule has 0 spiro atoms. The van der Waals surface area contributed by atoms with Crippen molar-refractivity contribution in [3.63, 3.8) is 0 Å². The minimum Gasteiger partial charge on any atom is -0.375 e. The number of rotatable bonds is 4. The van der Waals surface area contributed by atoms with Gasteiger partial charge in [-0.2, -0.15) is 0 Å². The molecule has 0 unspecified atom stereocenters. The molecule has 1 saturated heterocycles. The zero-order valence-corrected chi connectivity index (χ0v) is 15.6. The summed E-state index contributed by atoms with van der Waals surface area (Å²) in [5.41, 5.74) is 3.19. The van der Waals surface area contributed by atoms with Gasteiger partial charge in [-0.05, 0) is 42.8 Å². The molecular weight excluding hydrogens is 357 g/mol. The Hall–Kier alpha value is -1.91. The standard InChI is InChI=1S/C19H21Cl2N3O/c1-14-3-2-4-16(11-14)23-7-9-24(10-8-23)19(25)13-22-18-6-5-15(20)12-17(18)21/h2-6,11-12,22H,7-10,13H2,1H3. The molecule has 0 radical (unpaired) electrons. The van der Waals surface area contributed by atoms with Gasteiger partial charge in [0.05, 0.1) is 17.3 Å². The molecule has 4 nitrogen and oxygen atoms in total. The van der Waals surface area contributed by atoms with Gasteiger partial charge < -0.3 is 15.1 Å². The molecular formula is C19H21Cl2N3O. The first-order chi connectivity index (χ1) is 12.0. The predicted molar refractivity (Wildman–Crippen MR) is 105 cm³/mol. The summed E-state index contributed by atoms with van der Waals surface area (Å²) in [5, 5.41) is 4.19. The van der Waals surface area contributed by atoms with Crippen LogP contribution in [0.3, 0.4) is 0 Å². The van der Waals surface area contributed by atoms with E-state index in [4.69, 9.17) is 23.2 Å². The lowest BCUT2D eigenvalue weighted by Gasteiger charge is -2.36. The Labute approximate surface area is 158 Å². The molecule has 1 N–H and O–H groups in total. The second-order valence-corrected chi connectivity index (χ2v) is 7.03. The Bertz CT molecular complexity index is 758. The molecule has 0 aromatic heterocycles. The number of hydrogen-bond acceptors (Lipinski definition) is 3. The van der Waals surface area contributed by atoms with Crippen LogP contribution in [0.2, 0.25) is 10.0 Å². The molecule has 0 saturated carbocycles. The Morgan fingerprint density at radius 1 is 1.08 bits per heavy atom.